The quantitative estimate of drug-likeness (QED) is 0.376. The van der Waals surface area contributed by atoms with Crippen molar-refractivity contribution < 1.29 is 44.9 Å². The van der Waals surface area contributed by atoms with Crippen LogP contribution in [0.25, 0.3) is 11.1 Å². The number of esters is 1. The highest BCUT2D eigenvalue weighted by molar-refractivity contribution is 7.91. The van der Waals surface area contributed by atoms with Crippen molar-refractivity contribution in [3.63, 3.8) is 0 Å². The van der Waals surface area contributed by atoms with E-state index in [0.717, 1.165) is 24.0 Å². The van der Waals surface area contributed by atoms with E-state index in [4.69, 9.17) is 9.52 Å². The van der Waals surface area contributed by atoms with Gasteiger partial charge in [-0.15, -0.1) is 0 Å². The van der Waals surface area contributed by atoms with Crippen molar-refractivity contribution >= 4 is 21.8 Å². The van der Waals surface area contributed by atoms with Gasteiger partial charge in [0.05, 0.1) is 6.04 Å². The number of hydrogen-bond donors (Lipinski definition) is 2. The summed E-state index contributed by atoms with van der Waals surface area (Å²) in [5, 5.41) is 0. The van der Waals surface area contributed by atoms with Crippen molar-refractivity contribution in [2.45, 2.75) is 56.8 Å². The van der Waals surface area contributed by atoms with Crippen LogP contribution in [0.1, 0.15) is 32.8 Å². The summed E-state index contributed by atoms with van der Waals surface area (Å²) >= 11 is 0. The molecule has 1 heterocycles. The first-order valence-corrected chi connectivity index (χ1v) is 12.9. The number of alkyl halides is 3. The summed E-state index contributed by atoms with van der Waals surface area (Å²) in [6, 6.07) is 3.71. The second-order valence-corrected chi connectivity index (χ2v) is 11.1. The van der Waals surface area contributed by atoms with Crippen molar-refractivity contribution in [3.8, 4) is 11.1 Å². The molecule has 0 spiro atoms. The Kier molecular flexibility index (Phi) is 8.18. The monoisotopic (exact) mass is 565 g/mol. The Labute approximate surface area is 215 Å². The summed E-state index contributed by atoms with van der Waals surface area (Å²) in [6.07, 6.45) is -0.584. The van der Waals surface area contributed by atoms with Crippen molar-refractivity contribution in [2.75, 3.05) is 6.54 Å². The fraction of sp³-hybridized carbons (Fsp3) is 0.417. The van der Waals surface area contributed by atoms with E-state index in [-0.39, 0.29) is 29.7 Å². The third-order valence-electron chi connectivity index (χ3n) is 6.05. The molecule has 208 valence electrons. The van der Waals surface area contributed by atoms with Gasteiger partial charge in [-0.25, -0.2) is 26.9 Å². The van der Waals surface area contributed by atoms with Gasteiger partial charge in [-0.2, -0.15) is 13.2 Å². The van der Waals surface area contributed by atoms with E-state index < -0.39 is 68.9 Å². The van der Waals surface area contributed by atoms with Gasteiger partial charge in [-0.3, -0.25) is 9.59 Å². The second-order valence-electron chi connectivity index (χ2n) is 9.33. The molecule has 38 heavy (non-hydrogen) atoms. The van der Waals surface area contributed by atoms with Gasteiger partial charge < -0.3 is 9.64 Å². The van der Waals surface area contributed by atoms with Crippen LogP contribution in [0.4, 0.5) is 26.3 Å². The van der Waals surface area contributed by atoms with Gasteiger partial charge in [0, 0.05) is 31.1 Å². The van der Waals surface area contributed by atoms with Gasteiger partial charge in [-0.1, -0.05) is 18.2 Å². The zero-order valence-corrected chi connectivity index (χ0v) is 21.3. The summed E-state index contributed by atoms with van der Waals surface area (Å²) in [5.74, 6) is -4.43. The fourth-order valence-corrected chi connectivity index (χ4v) is 5.25. The minimum atomic E-state index is -5.42. The van der Waals surface area contributed by atoms with Crippen molar-refractivity contribution in [1.82, 2.24) is 9.62 Å². The van der Waals surface area contributed by atoms with Crippen molar-refractivity contribution in [2.24, 2.45) is 0 Å². The highest BCUT2D eigenvalue weighted by atomic mass is 32.2. The molecular weight excluding hydrogens is 540 g/mol. The summed E-state index contributed by atoms with van der Waals surface area (Å²) in [5.41, 5.74) is -7.58. The molecule has 0 radical (unpaired) electrons. The molecular formula is C24H25F6N3O4S. The zero-order valence-electron chi connectivity index (χ0n) is 20.5. The van der Waals surface area contributed by atoms with E-state index in [1.165, 1.54) is 32.0 Å². The molecule has 2 N–H and O–H groups in total. The number of ether oxygens (including phenoxy) is 1. The van der Waals surface area contributed by atoms with Crippen LogP contribution in [-0.4, -0.2) is 50.7 Å². The third kappa shape index (κ3) is 6.29. The van der Waals surface area contributed by atoms with E-state index in [2.05, 4.69) is 0 Å². The third-order valence-corrected chi connectivity index (χ3v) is 7.33. The SMILES string of the molecule is CC(=O)OC(C)(C)C(=O)N1CC[C@H](NS(=N)(=O)C(F)(F)F)[C@@H]1Cc1cccc(-c2cc(F)cc(F)c2)c1F. The molecule has 0 bridgehead atoms. The number of nitrogens with zero attached hydrogens (tertiary/aromatic N) is 1. The molecule has 14 heteroatoms. The van der Waals surface area contributed by atoms with Gasteiger partial charge in [-0.05, 0) is 49.9 Å². The van der Waals surface area contributed by atoms with Crippen molar-refractivity contribution in [1.29, 1.82) is 4.78 Å². The number of amides is 1. The molecule has 1 fully saturated rings. The van der Waals surface area contributed by atoms with Gasteiger partial charge >= 0.3 is 11.5 Å². The molecule has 0 aliphatic carbocycles. The number of nitrogens with one attached hydrogen (secondary N) is 2. The summed E-state index contributed by atoms with van der Waals surface area (Å²) in [7, 11) is -5.33. The Morgan fingerprint density at radius 1 is 1.13 bits per heavy atom. The molecule has 3 atom stereocenters. The predicted molar refractivity (Wildman–Crippen MR) is 125 cm³/mol. The Morgan fingerprint density at radius 3 is 2.29 bits per heavy atom. The van der Waals surface area contributed by atoms with Crippen LogP contribution in [0.3, 0.4) is 0 Å². The lowest BCUT2D eigenvalue weighted by Gasteiger charge is -2.34. The molecule has 0 aromatic heterocycles. The smallest absolute Gasteiger partial charge is 0.450 e. The Bertz CT molecular complexity index is 1330. The molecule has 2 aromatic carbocycles. The Hall–Kier alpha value is -3.13. The highest BCUT2D eigenvalue weighted by Crippen LogP contribution is 2.32. The number of halogens is 6. The highest BCUT2D eigenvalue weighted by Gasteiger charge is 2.49. The lowest BCUT2D eigenvalue weighted by Crippen LogP contribution is -2.54. The number of carbonyl (C=O) groups excluding carboxylic acids is 2. The minimum absolute atomic E-state index is 0.113. The maximum Gasteiger partial charge on any atom is 0.492 e. The first-order valence-electron chi connectivity index (χ1n) is 11.3. The summed E-state index contributed by atoms with van der Waals surface area (Å²) < 4.78 is 109. The first-order chi connectivity index (χ1) is 17.4. The Morgan fingerprint density at radius 2 is 1.74 bits per heavy atom. The molecule has 1 aliphatic rings. The van der Waals surface area contributed by atoms with Crippen LogP contribution >= 0.6 is 0 Å². The van der Waals surface area contributed by atoms with Crippen LogP contribution in [0.2, 0.25) is 0 Å². The lowest BCUT2D eigenvalue weighted by atomic mass is 9.95. The van der Waals surface area contributed by atoms with Crippen LogP contribution < -0.4 is 4.72 Å². The average Bonchev–Trinajstić information content (AvgIpc) is 3.13. The lowest BCUT2D eigenvalue weighted by molar-refractivity contribution is -0.169. The second kappa shape index (κ2) is 10.6. The molecule has 7 nitrogen and oxygen atoms in total. The van der Waals surface area contributed by atoms with E-state index >= 15 is 4.39 Å². The Balaban J connectivity index is 2.03. The van der Waals surface area contributed by atoms with Gasteiger partial charge in [0.1, 0.15) is 17.5 Å². The van der Waals surface area contributed by atoms with Gasteiger partial charge in [0.25, 0.3) is 5.91 Å². The first kappa shape index (κ1) is 29.4. The predicted octanol–water partition coefficient (Wildman–Crippen LogP) is 4.70. The molecule has 2 aromatic rings. The van der Waals surface area contributed by atoms with E-state index in [1.807, 2.05) is 0 Å². The van der Waals surface area contributed by atoms with E-state index in [1.54, 1.807) is 4.72 Å². The van der Waals surface area contributed by atoms with Crippen LogP contribution in [-0.2, 0) is 30.7 Å². The van der Waals surface area contributed by atoms with Gasteiger partial charge in [0.15, 0.2) is 5.60 Å². The number of rotatable bonds is 7. The van der Waals surface area contributed by atoms with Crippen LogP contribution in [0.5, 0.6) is 0 Å². The van der Waals surface area contributed by atoms with Gasteiger partial charge in [0.2, 0.25) is 9.92 Å². The van der Waals surface area contributed by atoms with Crippen LogP contribution in [0.15, 0.2) is 36.4 Å². The topological polar surface area (TPSA) is 99.6 Å². The number of likely N-dealkylation sites (tertiary alicyclic amines) is 1. The van der Waals surface area contributed by atoms with Crippen molar-refractivity contribution in [3.05, 3.63) is 59.4 Å². The normalized spacial score (nSPS) is 19.8. The minimum Gasteiger partial charge on any atom is -0.450 e. The number of hydrogen-bond acceptors (Lipinski definition) is 5. The van der Waals surface area contributed by atoms with Crippen LogP contribution in [0, 0.1) is 22.2 Å². The largest absolute Gasteiger partial charge is 0.492 e. The number of carbonyl (C=O) groups is 2. The van der Waals surface area contributed by atoms with E-state index in [0.29, 0.717) is 6.07 Å². The maximum absolute atomic E-state index is 15.6. The fourth-order valence-electron chi connectivity index (χ4n) is 4.42. The maximum atomic E-state index is 15.6. The van der Waals surface area contributed by atoms with E-state index in [9.17, 15) is 35.8 Å². The molecule has 3 rings (SSSR count). The number of benzene rings is 2. The summed E-state index contributed by atoms with van der Waals surface area (Å²) in [6.45, 7) is 3.44. The molecule has 1 aliphatic heterocycles. The average molecular weight is 566 g/mol. The standard InChI is InChI=1S/C24H25F6N3O4S/c1-13(34)37-23(2,3)22(35)33-8-7-19(32-38(31,36)24(28,29)30)20(33)11-14-5-4-6-18(21(14)27)15-9-16(25)12-17(26)10-15/h4-6,9-10,12,19-20H,7-8,11H2,1-3H3,(H2,31,32,36)/t19-,20-,38?/m0/s1. The molecule has 1 saturated heterocycles. The summed E-state index contributed by atoms with van der Waals surface area (Å²) in [4.78, 5) is 25.8. The molecule has 0 saturated carbocycles. The molecule has 1 amide bonds. The molecule has 1 unspecified atom stereocenters. The zero-order chi connectivity index (χ0) is 28.6.